The van der Waals surface area contributed by atoms with Crippen molar-refractivity contribution < 1.29 is 27.5 Å². The Bertz CT molecular complexity index is 1380. The topological polar surface area (TPSA) is 105 Å². The van der Waals surface area contributed by atoms with Gasteiger partial charge in [-0.2, -0.15) is 0 Å². The van der Waals surface area contributed by atoms with Gasteiger partial charge in [0.15, 0.2) is 0 Å². The summed E-state index contributed by atoms with van der Waals surface area (Å²) in [5, 5.41) is 3.01. The molecule has 0 aliphatic carbocycles. The molecule has 0 saturated carbocycles. The first-order valence-corrected chi connectivity index (χ1v) is 13.5. The first kappa shape index (κ1) is 28.8. The van der Waals surface area contributed by atoms with Crippen LogP contribution in [-0.4, -0.2) is 59.0 Å². The Hall–Kier alpha value is -3.76. The molecule has 0 aliphatic rings. The lowest BCUT2D eigenvalue weighted by Crippen LogP contribution is -2.50. The summed E-state index contributed by atoms with van der Waals surface area (Å²) >= 11 is 6.14. The van der Waals surface area contributed by atoms with E-state index in [-0.39, 0.29) is 22.9 Å². The van der Waals surface area contributed by atoms with Crippen LogP contribution in [-0.2, 0) is 26.2 Å². The molecule has 3 rings (SSSR count). The normalized spacial score (nSPS) is 11.8. The van der Waals surface area contributed by atoms with Gasteiger partial charge in [-0.15, -0.1) is 0 Å². The highest BCUT2D eigenvalue weighted by Crippen LogP contribution is 2.36. The van der Waals surface area contributed by atoms with Crippen LogP contribution in [0.2, 0.25) is 5.02 Å². The SMILES string of the molecule is CNC(=O)[C@H](C)N(Cc1cccc(Cl)c1)C(=O)CN(c1cc(OC)ccc1OC)S(=O)(=O)c1ccccc1. The number of nitrogens with zero attached hydrogens (tertiary/aromatic N) is 2. The Balaban J connectivity index is 2.11. The highest BCUT2D eigenvalue weighted by Gasteiger charge is 2.33. The number of likely N-dealkylation sites (N-methyl/N-ethyl adjacent to an activating group) is 1. The van der Waals surface area contributed by atoms with Gasteiger partial charge in [0.2, 0.25) is 11.8 Å². The van der Waals surface area contributed by atoms with E-state index < -0.39 is 34.4 Å². The van der Waals surface area contributed by atoms with Crippen LogP contribution in [0, 0.1) is 0 Å². The largest absolute Gasteiger partial charge is 0.497 e. The van der Waals surface area contributed by atoms with E-state index in [1.807, 2.05) is 0 Å². The minimum absolute atomic E-state index is 0.0154. The first-order valence-electron chi connectivity index (χ1n) is 11.7. The van der Waals surface area contributed by atoms with E-state index in [9.17, 15) is 18.0 Å². The molecule has 202 valence electrons. The second-order valence-corrected chi connectivity index (χ2v) is 10.6. The molecule has 0 aromatic heterocycles. The van der Waals surface area contributed by atoms with Crippen molar-refractivity contribution in [3.63, 3.8) is 0 Å². The molecule has 0 unspecified atom stereocenters. The summed E-state index contributed by atoms with van der Waals surface area (Å²) in [4.78, 5) is 27.7. The van der Waals surface area contributed by atoms with Gasteiger partial charge in [0.25, 0.3) is 10.0 Å². The number of hydrogen-bond acceptors (Lipinski definition) is 6. The molecule has 0 spiro atoms. The van der Waals surface area contributed by atoms with E-state index in [1.54, 1.807) is 61.5 Å². The second kappa shape index (κ2) is 12.7. The molecular formula is C27H30ClN3O6S. The fraction of sp³-hybridized carbons (Fsp3) is 0.259. The van der Waals surface area contributed by atoms with Crippen molar-refractivity contribution in [2.45, 2.75) is 24.4 Å². The molecule has 0 bridgehead atoms. The van der Waals surface area contributed by atoms with Crippen molar-refractivity contribution in [3.8, 4) is 11.5 Å². The predicted molar refractivity (Wildman–Crippen MR) is 146 cm³/mol. The minimum Gasteiger partial charge on any atom is -0.497 e. The number of carbonyl (C=O) groups excluding carboxylic acids is 2. The summed E-state index contributed by atoms with van der Waals surface area (Å²) in [5.41, 5.74) is 0.789. The molecule has 1 N–H and O–H groups in total. The Kier molecular flexibility index (Phi) is 9.60. The summed E-state index contributed by atoms with van der Waals surface area (Å²) in [7, 11) is 0.0750. The van der Waals surface area contributed by atoms with Gasteiger partial charge in [-0.05, 0) is 48.9 Å². The van der Waals surface area contributed by atoms with Crippen molar-refractivity contribution in [3.05, 3.63) is 83.4 Å². The minimum atomic E-state index is -4.24. The molecule has 3 aromatic rings. The van der Waals surface area contributed by atoms with Gasteiger partial charge in [-0.3, -0.25) is 13.9 Å². The average molecular weight is 560 g/mol. The average Bonchev–Trinajstić information content (AvgIpc) is 2.93. The van der Waals surface area contributed by atoms with Gasteiger partial charge < -0.3 is 19.7 Å². The third-order valence-electron chi connectivity index (χ3n) is 5.92. The number of nitrogens with one attached hydrogen (secondary N) is 1. The number of rotatable bonds is 11. The highest BCUT2D eigenvalue weighted by atomic mass is 35.5. The van der Waals surface area contributed by atoms with Crippen molar-refractivity contribution in [2.24, 2.45) is 0 Å². The molecule has 0 saturated heterocycles. The number of benzene rings is 3. The van der Waals surface area contributed by atoms with E-state index in [0.717, 1.165) is 4.31 Å². The lowest BCUT2D eigenvalue weighted by atomic mass is 10.1. The molecular weight excluding hydrogens is 530 g/mol. The van der Waals surface area contributed by atoms with Gasteiger partial charge >= 0.3 is 0 Å². The molecule has 2 amide bonds. The molecule has 3 aromatic carbocycles. The maximum Gasteiger partial charge on any atom is 0.264 e. The van der Waals surface area contributed by atoms with Crippen LogP contribution in [0.25, 0.3) is 0 Å². The number of ether oxygens (including phenoxy) is 2. The van der Waals surface area contributed by atoms with E-state index in [4.69, 9.17) is 21.1 Å². The van der Waals surface area contributed by atoms with Gasteiger partial charge in [-0.1, -0.05) is 41.9 Å². The molecule has 0 fully saturated rings. The molecule has 0 heterocycles. The summed E-state index contributed by atoms with van der Waals surface area (Å²) in [6.45, 7) is 0.995. The number of methoxy groups -OCH3 is 2. The van der Waals surface area contributed by atoms with E-state index >= 15 is 0 Å². The Morgan fingerprint density at radius 2 is 1.68 bits per heavy atom. The van der Waals surface area contributed by atoms with E-state index in [2.05, 4.69) is 5.32 Å². The summed E-state index contributed by atoms with van der Waals surface area (Å²) in [5.74, 6) is -0.419. The van der Waals surface area contributed by atoms with E-state index in [0.29, 0.717) is 16.3 Å². The van der Waals surface area contributed by atoms with Crippen LogP contribution in [0.5, 0.6) is 11.5 Å². The van der Waals surface area contributed by atoms with Crippen LogP contribution in [0.1, 0.15) is 12.5 Å². The number of halogens is 1. The van der Waals surface area contributed by atoms with Gasteiger partial charge in [-0.25, -0.2) is 8.42 Å². The summed E-state index contributed by atoms with van der Waals surface area (Å²) < 4.78 is 39.5. The second-order valence-electron chi connectivity index (χ2n) is 8.30. The summed E-state index contributed by atoms with van der Waals surface area (Å²) in [6.07, 6.45) is 0. The van der Waals surface area contributed by atoms with Gasteiger partial charge in [0.1, 0.15) is 24.1 Å². The standard InChI is InChI=1S/C27H30ClN3O6S/c1-19(27(33)29-2)30(17-20-9-8-10-21(28)15-20)26(32)18-31(38(34,35)23-11-6-5-7-12-23)24-16-22(36-3)13-14-25(24)37-4/h5-16,19H,17-18H2,1-4H3,(H,29,33)/t19-/m0/s1. The van der Waals surface area contributed by atoms with Crippen LogP contribution in [0.15, 0.2) is 77.7 Å². The zero-order valence-corrected chi connectivity index (χ0v) is 23.1. The van der Waals surface area contributed by atoms with E-state index in [1.165, 1.54) is 44.4 Å². The quantitative estimate of drug-likeness (QED) is 0.384. The number of hydrogen-bond donors (Lipinski definition) is 1. The molecule has 0 radical (unpaired) electrons. The van der Waals surface area contributed by atoms with Gasteiger partial charge in [0, 0.05) is 24.7 Å². The fourth-order valence-electron chi connectivity index (χ4n) is 3.85. The van der Waals surface area contributed by atoms with Crippen molar-refractivity contribution in [1.82, 2.24) is 10.2 Å². The smallest absolute Gasteiger partial charge is 0.264 e. The Morgan fingerprint density at radius 1 is 0.974 bits per heavy atom. The maximum absolute atomic E-state index is 13.9. The number of amides is 2. The third kappa shape index (κ3) is 6.56. The van der Waals surface area contributed by atoms with Crippen molar-refractivity contribution in [2.75, 3.05) is 32.1 Å². The molecule has 9 nitrogen and oxygen atoms in total. The summed E-state index contributed by atoms with van der Waals surface area (Å²) in [6, 6.07) is 18.4. The number of anilines is 1. The zero-order chi connectivity index (χ0) is 27.9. The predicted octanol–water partition coefficient (Wildman–Crippen LogP) is 3.72. The van der Waals surface area contributed by atoms with Crippen LogP contribution < -0.4 is 19.1 Å². The highest BCUT2D eigenvalue weighted by molar-refractivity contribution is 7.92. The zero-order valence-electron chi connectivity index (χ0n) is 21.5. The van der Waals surface area contributed by atoms with Crippen LogP contribution in [0.4, 0.5) is 5.69 Å². The van der Waals surface area contributed by atoms with Gasteiger partial charge in [0.05, 0.1) is 24.8 Å². The van der Waals surface area contributed by atoms with Crippen LogP contribution in [0.3, 0.4) is 0 Å². The third-order valence-corrected chi connectivity index (χ3v) is 7.93. The lowest BCUT2D eigenvalue weighted by Gasteiger charge is -2.32. The van der Waals surface area contributed by atoms with Crippen molar-refractivity contribution in [1.29, 1.82) is 0 Å². The van der Waals surface area contributed by atoms with Crippen molar-refractivity contribution >= 4 is 39.1 Å². The molecule has 1 atom stereocenters. The molecule has 11 heteroatoms. The first-order chi connectivity index (χ1) is 18.1. The van der Waals surface area contributed by atoms with Crippen LogP contribution >= 0.6 is 11.6 Å². The fourth-order valence-corrected chi connectivity index (χ4v) is 5.50. The lowest BCUT2D eigenvalue weighted by molar-refractivity contribution is -0.139. The monoisotopic (exact) mass is 559 g/mol. The number of sulfonamides is 1. The Labute approximate surface area is 228 Å². The molecule has 38 heavy (non-hydrogen) atoms. The Morgan fingerprint density at radius 3 is 2.29 bits per heavy atom. The maximum atomic E-state index is 13.9. The molecule has 0 aliphatic heterocycles. The number of carbonyl (C=O) groups is 2.